The molecule has 0 radical (unpaired) electrons. The fourth-order valence-electron chi connectivity index (χ4n) is 2.14. The molecule has 1 aliphatic carbocycles. The second-order valence-corrected chi connectivity index (χ2v) is 5.49. The number of carbonyl (C=O) groups is 1. The summed E-state index contributed by atoms with van der Waals surface area (Å²) in [4.78, 5) is 11.2. The molecule has 4 heteroatoms. The minimum absolute atomic E-state index is 0.166. The third kappa shape index (κ3) is 3.97. The van der Waals surface area contributed by atoms with E-state index in [4.69, 9.17) is 4.74 Å². The van der Waals surface area contributed by atoms with E-state index < -0.39 is 12.0 Å². The highest BCUT2D eigenvalue weighted by atomic mass is 16.5. The van der Waals surface area contributed by atoms with Crippen molar-refractivity contribution in [1.29, 1.82) is 0 Å². The molecule has 2 unspecified atom stereocenters. The van der Waals surface area contributed by atoms with E-state index in [0.29, 0.717) is 12.0 Å². The second-order valence-electron chi connectivity index (χ2n) is 5.49. The molecule has 0 saturated heterocycles. The van der Waals surface area contributed by atoms with Gasteiger partial charge >= 0.3 is 5.97 Å². The Hall–Kier alpha value is -1.55. The zero-order chi connectivity index (χ0) is 14.5. The summed E-state index contributed by atoms with van der Waals surface area (Å²) in [6.07, 6.45) is 3.16. The summed E-state index contributed by atoms with van der Waals surface area (Å²) in [5.74, 6) is 0.356. The largest absolute Gasteiger partial charge is 0.491 e. The quantitative estimate of drug-likeness (QED) is 0.767. The van der Waals surface area contributed by atoms with E-state index in [9.17, 15) is 9.90 Å². The van der Waals surface area contributed by atoms with E-state index >= 15 is 0 Å². The molecule has 110 valence electrons. The van der Waals surface area contributed by atoms with Gasteiger partial charge in [0.15, 0.2) is 0 Å². The molecule has 4 nitrogen and oxygen atoms in total. The Morgan fingerprint density at radius 1 is 1.45 bits per heavy atom. The molecule has 20 heavy (non-hydrogen) atoms. The Labute approximate surface area is 120 Å². The van der Waals surface area contributed by atoms with Gasteiger partial charge in [-0.05, 0) is 36.8 Å². The Morgan fingerprint density at radius 2 is 2.15 bits per heavy atom. The summed E-state index contributed by atoms with van der Waals surface area (Å²) in [5, 5.41) is 12.3. The summed E-state index contributed by atoms with van der Waals surface area (Å²) >= 11 is 0. The van der Waals surface area contributed by atoms with E-state index in [0.717, 1.165) is 30.6 Å². The lowest BCUT2D eigenvalue weighted by atomic mass is 9.98. The molecule has 0 spiro atoms. The smallest absolute Gasteiger partial charge is 0.324 e. The number of hydrogen-bond donors (Lipinski definition) is 2. The zero-order valence-corrected chi connectivity index (χ0v) is 12.1. The molecule has 0 aliphatic heterocycles. The first-order valence-electron chi connectivity index (χ1n) is 7.32. The van der Waals surface area contributed by atoms with Gasteiger partial charge in [-0.3, -0.25) is 10.1 Å². The van der Waals surface area contributed by atoms with Crippen molar-refractivity contribution in [3.05, 3.63) is 29.8 Å². The Balaban J connectivity index is 1.99. The first kappa shape index (κ1) is 14.9. The van der Waals surface area contributed by atoms with Crippen LogP contribution in [0.15, 0.2) is 24.3 Å². The fraction of sp³-hybridized carbons (Fsp3) is 0.562. The van der Waals surface area contributed by atoms with Crippen molar-refractivity contribution >= 4 is 5.97 Å². The average Bonchev–Trinajstić information content (AvgIpc) is 3.26. The average molecular weight is 277 g/mol. The minimum atomic E-state index is -0.849. The van der Waals surface area contributed by atoms with Gasteiger partial charge in [-0.25, -0.2) is 0 Å². The first-order chi connectivity index (χ1) is 9.61. The van der Waals surface area contributed by atoms with Crippen LogP contribution in [0.2, 0.25) is 0 Å². The van der Waals surface area contributed by atoms with Crippen LogP contribution in [-0.4, -0.2) is 29.8 Å². The van der Waals surface area contributed by atoms with Crippen molar-refractivity contribution in [3.8, 4) is 5.75 Å². The van der Waals surface area contributed by atoms with Crippen molar-refractivity contribution in [2.75, 3.05) is 6.61 Å². The third-order valence-corrected chi connectivity index (χ3v) is 3.78. The summed E-state index contributed by atoms with van der Waals surface area (Å²) < 4.78 is 5.77. The molecule has 1 aromatic carbocycles. The molecule has 0 bridgehead atoms. The predicted molar refractivity (Wildman–Crippen MR) is 78.2 cm³/mol. The third-order valence-electron chi connectivity index (χ3n) is 3.78. The predicted octanol–water partition coefficient (Wildman–Crippen LogP) is 2.78. The van der Waals surface area contributed by atoms with Gasteiger partial charge in [0.2, 0.25) is 0 Å². The fourth-order valence-corrected chi connectivity index (χ4v) is 2.14. The van der Waals surface area contributed by atoms with E-state index in [-0.39, 0.29) is 6.61 Å². The lowest BCUT2D eigenvalue weighted by Gasteiger charge is -2.19. The van der Waals surface area contributed by atoms with Crippen molar-refractivity contribution in [1.82, 2.24) is 5.32 Å². The van der Waals surface area contributed by atoms with Gasteiger partial charge in [-0.1, -0.05) is 32.0 Å². The number of ether oxygens (including phenoxy) is 1. The monoisotopic (exact) mass is 277 g/mol. The first-order valence-corrected chi connectivity index (χ1v) is 7.32. The van der Waals surface area contributed by atoms with Gasteiger partial charge in [-0.15, -0.1) is 0 Å². The number of rotatable bonds is 8. The van der Waals surface area contributed by atoms with Crippen molar-refractivity contribution in [3.63, 3.8) is 0 Å². The number of aliphatic carboxylic acids is 1. The van der Waals surface area contributed by atoms with Gasteiger partial charge in [-0.2, -0.15) is 0 Å². The van der Waals surface area contributed by atoms with E-state index in [2.05, 4.69) is 19.2 Å². The van der Waals surface area contributed by atoms with Gasteiger partial charge in [0.05, 0.1) is 0 Å². The highest BCUT2D eigenvalue weighted by Crippen LogP contribution is 2.28. The van der Waals surface area contributed by atoms with Crippen LogP contribution in [0, 0.1) is 0 Å². The molecule has 1 aromatic rings. The van der Waals surface area contributed by atoms with Crippen molar-refractivity contribution in [2.45, 2.75) is 51.1 Å². The van der Waals surface area contributed by atoms with Crippen LogP contribution in [0.4, 0.5) is 0 Å². The highest BCUT2D eigenvalue weighted by Gasteiger charge is 2.28. The van der Waals surface area contributed by atoms with E-state index in [1.807, 2.05) is 24.3 Å². The SMILES string of the molecule is CCC(C)c1ccccc1OCC(NC1CC1)C(=O)O. The van der Waals surface area contributed by atoms with Gasteiger partial charge in [0, 0.05) is 6.04 Å². The molecular weight excluding hydrogens is 254 g/mol. The van der Waals surface area contributed by atoms with Crippen LogP contribution < -0.4 is 10.1 Å². The Kier molecular flexibility index (Phi) is 5.01. The second kappa shape index (κ2) is 6.75. The molecular formula is C16H23NO3. The Bertz CT molecular complexity index is 457. The van der Waals surface area contributed by atoms with Crippen LogP contribution in [0.1, 0.15) is 44.6 Å². The maximum Gasteiger partial charge on any atom is 0.324 e. The number of hydrogen-bond acceptors (Lipinski definition) is 3. The van der Waals surface area contributed by atoms with Crippen molar-refractivity contribution in [2.24, 2.45) is 0 Å². The molecule has 2 atom stereocenters. The number of carboxylic acid groups (broad SMARTS) is 1. The number of benzene rings is 1. The summed E-state index contributed by atoms with van der Waals surface area (Å²) in [6.45, 7) is 4.45. The number of carboxylic acids is 1. The number of para-hydroxylation sites is 1. The van der Waals surface area contributed by atoms with Crippen LogP contribution in [-0.2, 0) is 4.79 Å². The lowest BCUT2D eigenvalue weighted by molar-refractivity contribution is -0.140. The van der Waals surface area contributed by atoms with Gasteiger partial charge in [0.1, 0.15) is 18.4 Å². The van der Waals surface area contributed by atoms with E-state index in [1.165, 1.54) is 0 Å². The molecule has 0 heterocycles. The van der Waals surface area contributed by atoms with Crippen LogP contribution in [0.25, 0.3) is 0 Å². The van der Waals surface area contributed by atoms with E-state index in [1.54, 1.807) is 0 Å². The van der Waals surface area contributed by atoms with Gasteiger partial charge < -0.3 is 9.84 Å². The molecule has 0 amide bonds. The summed E-state index contributed by atoms with van der Waals surface area (Å²) in [6, 6.07) is 7.60. The Morgan fingerprint density at radius 3 is 2.75 bits per heavy atom. The van der Waals surface area contributed by atoms with Crippen LogP contribution in [0.5, 0.6) is 5.75 Å². The molecule has 1 aliphatic rings. The maximum absolute atomic E-state index is 11.2. The van der Waals surface area contributed by atoms with Gasteiger partial charge in [0.25, 0.3) is 0 Å². The zero-order valence-electron chi connectivity index (χ0n) is 12.1. The molecule has 2 rings (SSSR count). The standard InChI is InChI=1S/C16H23NO3/c1-3-11(2)13-6-4-5-7-15(13)20-10-14(16(18)19)17-12-8-9-12/h4-7,11-12,14,17H,3,8-10H2,1-2H3,(H,18,19). The minimum Gasteiger partial charge on any atom is -0.491 e. The number of nitrogens with one attached hydrogen (secondary N) is 1. The summed E-state index contributed by atoms with van der Waals surface area (Å²) in [5.41, 5.74) is 1.14. The molecule has 1 fully saturated rings. The normalized spacial score (nSPS) is 17.5. The molecule has 1 saturated carbocycles. The maximum atomic E-state index is 11.2. The van der Waals surface area contributed by atoms with Crippen molar-refractivity contribution < 1.29 is 14.6 Å². The topological polar surface area (TPSA) is 58.6 Å². The highest BCUT2D eigenvalue weighted by molar-refractivity contribution is 5.73. The molecule has 2 N–H and O–H groups in total. The van der Waals surface area contributed by atoms with Crippen LogP contribution in [0.3, 0.4) is 0 Å². The van der Waals surface area contributed by atoms with Crippen LogP contribution >= 0.6 is 0 Å². The summed E-state index contributed by atoms with van der Waals surface area (Å²) in [7, 11) is 0. The lowest BCUT2D eigenvalue weighted by Crippen LogP contribution is -2.42. The molecule has 0 aromatic heterocycles.